The topological polar surface area (TPSA) is 108 Å². The van der Waals surface area contributed by atoms with Crippen molar-refractivity contribution in [2.75, 3.05) is 19.8 Å². The molecule has 8 nitrogen and oxygen atoms in total. The minimum atomic E-state index is -1.95. The summed E-state index contributed by atoms with van der Waals surface area (Å²) in [6.45, 7) is 1.84. The van der Waals surface area contributed by atoms with E-state index >= 15 is 0 Å². The van der Waals surface area contributed by atoms with E-state index in [1.54, 1.807) is 97.9 Å². The van der Waals surface area contributed by atoms with E-state index in [2.05, 4.69) is 0 Å². The Bertz CT molecular complexity index is 1180. The highest BCUT2D eigenvalue weighted by Gasteiger charge is 2.68. The first-order valence-electron chi connectivity index (χ1n) is 11.8. The summed E-state index contributed by atoms with van der Waals surface area (Å²) in [5, 5.41) is 11.7. The second kappa shape index (κ2) is 10.5. The highest BCUT2D eigenvalue weighted by molar-refractivity contribution is 5.90. The van der Waals surface area contributed by atoms with Gasteiger partial charge in [-0.1, -0.05) is 54.6 Å². The molecule has 0 amide bonds. The molecule has 1 saturated heterocycles. The van der Waals surface area contributed by atoms with Gasteiger partial charge in [0.2, 0.25) is 0 Å². The largest absolute Gasteiger partial charge is 0.459 e. The van der Waals surface area contributed by atoms with E-state index in [4.69, 9.17) is 18.9 Å². The summed E-state index contributed by atoms with van der Waals surface area (Å²) in [5.41, 5.74) is -4.32. The van der Waals surface area contributed by atoms with E-state index < -0.39 is 41.3 Å². The predicted octanol–water partition coefficient (Wildman–Crippen LogP) is 3.84. The molecule has 3 atom stereocenters. The normalized spacial score (nSPS) is 24.7. The zero-order valence-electron chi connectivity index (χ0n) is 20.6. The number of hydrogen-bond donors (Lipinski definition) is 1. The van der Waals surface area contributed by atoms with Crippen LogP contribution in [0, 0.1) is 0 Å². The van der Waals surface area contributed by atoms with Crippen LogP contribution in [-0.4, -0.2) is 59.6 Å². The molecule has 1 heterocycles. The fourth-order valence-electron chi connectivity index (χ4n) is 4.13. The van der Waals surface area contributed by atoms with E-state index in [1.165, 1.54) is 6.92 Å². The van der Waals surface area contributed by atoms with Gasteiger partial charge in [0.1, 0.15) is 18.8 Å². The van der Waals surface area contributed by atoms with Gasteiger partial charge in [-0.25, -0.2) is 14.4 Å². The molecule has 192 valence electrons. The predicted molar refractivity (Wildman–Crippen MR) is 133 cm³/mol. The molecule has 4 rings (SSSR count). The van der Waals surface area contributed by atoms with Crippen LogP contribution in [0.5, 0.6) is 0 Å². The second-order valence-electron chi connectivity index (χ2n) is 9.22. The molecule has 0 aliphatic carbocycles. The average Bonchev–Trinajstić information content (AvgIpc) is 3.13. The third kappa shape index (κ3) is 5.26. The summed E-state index contributed by atoms with van der Waals surface area (Å²) >= 11 is 0. The lowest BCUT2D eigenvalue weighted by Crippen LogP contribution is -2.65. The molecule has 3 aromatic rings. The highest BCUT2D eigenvalue weighted by Crippen LogP contribution is 2.46. The van der Waals surface area contributed by atoms with E-state index in [0.717, 1.165) is 0 Å². The lowest BCUT2D eigenvalue weighted by molar-refractivity contribution is -0.180. The first-order chi connectivity index (χ1) is 17.7. The van der Waals surface area contributed by atoms with Crippen molar-refractivity contribution >= 4 is 17.9 Å². The number of aliphatic hydroxyl groups is 1. The Labute approximate surface area is 214 Å². The molecule has 1 N–H and O–H groups in total. The summed E-state index contributed by atoms with van der Waals surface area (Å²) in [6.07, 6.45) is 0. The number of esters is 3. The number of carbonyl (C=O) groups is 3. The van der Waals surface area contributed by atoms with Crippen LogP contribution < -0.4 is 0 Å². The quantitative estimate of drug-likeness (QED) is 0.364. The van der Waals surface area contributed by atoms with Crippen molar-refractivity contribution in [1.29, 1.82) is 0 Å². The number of hydrogen-bond acceptors (Lipinski definition) is 8. The van der Waals surface area contributed by atoms with Crippen molar-refractivity contribution in [3.63, 3.8) is 0 Å². The van der Waals surface area contributed by atoms with E-state index in [-0.39, 0.29) is 18.8 Å². The first-order valence-corrected chi connectivity index (χ1v) is 11.8. The van der Waals surface area contributed by atoms with E-state index in [0.29, 0.717) is 11.1 Å². The average molecular weight is 505 g/mol. The third-order valence-electron chi connectivity index (χ3n) is 6.77. The van der Waals surface area contributed by atoms with Gasteiger partial charge in [0.05, 0.1) is 23.3 Å². The van der Waals surface area contributed by atoms with E-state index in [1.807, 2.05) is 0 Å². The minimum Gasteiger partial charge on any atom is -0.459 e. The minimum absolute atomic E-state index is 0.253. The van der Waals surface area contributed by atoms with Crippen LogP contribution in [0.4, 0.5) is 0 Å². The summed E-state index contributed by atoms with van der Waals surface area (Å²) < 4.78 is 22.8. The van der Waals surface area contributed by atoms with Gasteiger partial charge in [-0.15, -0.1) is 0 Å². The van der Waals surface area contributed by atoms with Crippen LogP contribution >= 0.6 is 0 Å². The SMILES string of the molecule is CC1(COC(=O)c2ccccc2)OCC(O)(COC(=O)c2ccccc2)C1(C)OC(=O)c1ccccc1. The van der Waals surface area contributed by atoms with Crippen molar-refractivity contribution in [3.8, 4) is 0 Å². The molecule has 3 unspecified atom stereocenters. The molecule has 1 aliphatic rings. The molecular weight excluding hydrogens is 476 g/mol. The summed E-state index contributed by atoms with van der Waals surface area (Å²) in [4.78, 5) is 38.3. The Kier molecular flexibility index (Phi) is 7.42. The van der Waals surface area contributed by atoms with Gasteiger partial charge < -0.3 is 24.1 Å². The fourth-order valence-corrected chi connectivity index (χ4v) is 4.13. The Morgan fingerprint density at radius 3 is 1.57 bits per heavy atom. The monoisotopic (exact) mass is 504 g/mol. The maximum atomic E-state index is 13.1. The fraction of sp³-hybridized carbons (Fsp3) is 0.276. The van der Waals surface area contributed by atoms with Gasteiger partial charge in [-0.05, 0) is 50.2 Å². The van der Waals surface area contributed by atoms with Crippen LogP contribution in [0.1, 0.15) is 44.9 Å². The van der Waals surface area contributed by atoms with Crippen LogP contribution in [0.25, 0.3) is 0 Å². The van der Waals surface area contributed by atoms with Crippen molar-refractivity contribution in [2.45, 2.75) is 30.7 Å². The van der Waals surface area contributed by atoms with Crippen LogP contribution in [0.3, 0.4) is 0 Å². The van der Waals surface area contributed by atoms with E-state index in [9.17, 15) is 19.5 Å². The molecule has 3 aromatic carbocycles. The lowest BCUT2D eigenvalue weighted by atomic mass is 9.76. The van der Waals surface area contributed by atoms with Crippen LogP contribution in [0.15, 0.2) is 91.0 Å². The maximum Gasteiger partial charge on any atom is 0.338 e. The summed E-state index contributed by atoms with van der Waals surface area (Å²) in [7, 11) is 0. The number of rotatable bonds is 8. The van der Waals surface area contributed by atoms with Crippen molar-refractivity contribution in [1.82, 2.24) is 0 Å². The Balaban J connectivity index is 1.59. The Hall–Kier alpha value is -4.01. The van der Waals surface area contributed by atoms with Gasteiger partial charge in [0.25, 0.3) is 0 Å². The van der Waals surface area contributed by atoms with Crippen molar-refractivity contribution in [3.05, 3.63) is 108 Å². The number of ether oxygens (including phenoxy) is 4. The lowest BCUT2D eigenvalue weighted by Gasteiger charge is -2.44. The maximum absolute atomic E-state index is 13.1. The summed E-state index contributed by atoms with van der Waals surface area (Å²) in [5.74, 6) is -1.98. The molecule has 37 heavy (non-hydrogen) atoms. The molecule has 1 aliphatic heterocycles. The van der Waals surface area contributed by atoms with Crippen molar-refractivity contribution < 1.29 is 38.4 Å². The van der Waals surface area contributed by atoms with Gasteiger partial charge in [-0.2, -0.15) is 0 Å². The molecule has 0 aromatic heterocycles. The number of carbonyl (C=O) groups excluding carboxylic acids is 3. The van der Waals surface area contributed by atoms with Gasteiger partial charge in [-0.3, -0.25) is 0 Å². The smallest absolute Gasteiger partial charge is 0.338 e. The van der Waals surface area contributed by atoms with Crippen molar-refractivity contribution in [2.24, 2.45) is 0 Å². The molecular formula is C29H28O8. The second-order valence-corrected chi connectivity index (χ2v) is 9.22. The Morgan fingerprint density at radius 1 is 0.703 bits per heavy atom. The van der Waals surface area contributed by atoms with Crippen LogP contribution in [0.2, 0.25) is 0 Å². The number of benzene rings is 3. The zero-order valence-corrected chi connectivity index (χ0v) is 20.6. The highest BCUT2D eigenvalue weighted by atomic mass is 16.6. The first kappa shape index (κ1) is 26.1. The van der Waals surface area contributed by atoms with Crippen LogP contribution in [-0.2, 0) is 18.9 Å². The molecule has 0 radical (unpaired) electrons. The third-order valence-corrected chi connectivity index (χ3v) is 6.77. The standard InChI is InChI=1S/C29H28O8/c1-27(18-34-24(30)21-12-6-3-7-13-21)28(2,37-26(32)23-16-10-5-11-17-23)29(33,20-36-27)19-35-25(31)22-14-8-4-9-15-22/h3-17,33H,18-20H2,1-2H3. The van der Waals surface area contributed by atoms with Gasteiger partial charge in [0.15, 0.2) is 11.2 Å². The van der Waals surface area contributed by atoms with Gasteiger partial charge in [0, 0.05) is 0 Å². The molecule has 0 saturated carbocycles. The molecule has 0 spiro atoms. The molecule has 0 bridgehead atoms. The zero-order chi connectivity index (χ0) is 26.5. The molecule has 1 fully saturated rings. The molecule has 8 heteroatoms. The summed E-state index contributed by atoms with van der Waals surface area (Å²) in [6, 6.07) is 25.0. The Morgan fingerprint density at radius 2 is 1.11 bits per heavy atom. The van der Waals surface area contributed by atoms with Gasteiger partial charge >= 0.3 is 17.9 Å².